The van der Waals surface area contributed by atoms with E-state index in [2.05, 4.69) is 31.1 Å². The summed E-state index contributed by atoms with van der Waals surface area (Å²) in [5, 5.41) is 12.0. The molecule has 0 radical (unpaired) electrons. The van der Waals surface area contributed by atoms with Crippen LogP contribution in [0.1, 0.15) is 25.7 Å². The second-order valence-electron chi connectivity index (χ2n) is 5.20. The first-order valence-corrected chi connectivity index (χ1v) is 8.54. The van der Waals surface area contributed by atoms with Crippen molar-refractivity contribution in [3.8, 4) is 6.19 Å². The first-order valence-electron chi connectivity index (χ1n) is 8.16. The molecule has 0 bridgehead atoms. The van der Waals surface area contributed by atoms with Crippen molar-refractivity contribution in [2.75, 3.05) is 18.4 Å². The molecule has 0 aromatic heterocycles. The number of halogens is 1. The number of nitrogens with zero attached hydrogens (tertiary/aromatic N) is 4. The second-order valence-corrected chi connectivity index (χ2v) is 5.64. The molecule has 0 aliphatic carbocycles. The molecule has 0 atom stereocenters. The van der Waals surface area contributed by atoms with Gasteiger partial charge in [0.25, 0.3) is 0 Å². The maximum absolute atomic E-state index is 8.24. The van der Waals surface area contributed by atoms with E-state index in [9.17, 15) is 0 Å². The fraction of sp³-hybridized carbons (Fsp3) is 0.375. The summed E-state index contributed by atoms with van der Waals surface area (Å²) < 4.78 is 0. The average Bonchev–Trinajstić information content (AvgIpc) is 2.61. The molecule has 0 aliphatic rings. The lowest BCUT2D eigenvalue weighted by atomic mass is 10.2. The number of anilines is 1. The maximum Gasteiger partial charge on any atom is 0.225 e. The molecule has 0 saturated heterocycles. The second kappa shape index (κ2) is 13.3. The summed E-state index contributed by atoms with van der Waals surface area (Å²) in [5.74, 6) is 0.315. The molecule has 1 aromatic carbocycles. The monoisotopic (exact) mass is 377 g/mol. The van der Waals surface area contributed by atoms with E-state index in [1.807, 2.05) is 12.1 Å². The molecule has 0 heterocycles. The molecular formula is C16H24ClN9. The van der Waals surface area contributed by atoms with Crippen LogP contribution in [0.4, 0.5) is 5.69 Å². The Kier molecular flexibility index (Phi) is 10.8. The van der Waals surface area contributed by atoms with Crippen LogP contribution < -0.4 is 27.6 Å². The van der Waals surface area contributed by atoms with Gasteiger partial charge >= 0.3 is 0 Å². The predicted octanol–water partition coefficient (Wildman–Crippen LogP) is 1.55. The summed E-state index contributed by atoms with van der Waals surface area (Å²) in [5.41, 5.74) is 16.5. The Morgan fingerprint density at radius 1 is 1.12 bits per heavy atom. The maximum atomic E-state index is 8.24. The number of hydrogen-bond donors (Lipinski definition) is 5. The lowest BCUT2D eigenvalue weighted by Gasteiger charge is -2.06. The van der Waals surface area contributed by atoms with E-state index in [1.165, 1.54) is 6.34 Å². The van der Waals surface area contributed by atoms with Gasteiger partial charge in [0.15, 0.2) is 12.2 Å². The Hall–Kier alpha value is -2.99. The molecule has 0 fully saturated rings. The highest BCUT2D eigenvalue weighted by molar-refractivity contribution is 6.30. The van der Waals surface area contributed by atoms with Gasteiger partial charge in [-0.25, -0.2) is 5.43 Å². The molecule has 7 N–H and O–H groups in total. The number of benzene rings is 1. The summed E-state index contributed by atoms with van der Waals surface area (Å²) >= 11 is 5.87. The van der Waals surface area contributed by atoms with Crippen molar-refractivity contribution in [2.24, 2.45) is 26.4 Å². The van der Waals surface area contributed by atoms with E-state index in [1.54, 1.807) is 18.3 Å². The topological polar surface area (TPSA) is 149 Å². The van der Waals surface area contributed by atoms with E-state index < -0.39 is 0 Å². The molecule has 0 spiro atoms. The minimum atomic E-state index is -0.0532. The van der Waals surface area contributed by atoms with E-state index in [-0.39, 0.29) is 5.96 Å². The molecular weight excluding hydrogens is 354 g/mol. The minimum Gasteiger partial charge on any atom is -0.370 e. The number of nitrogens with one attached hydrogen (secondary N) is 3. The summed E-state index contributed by atoms with van der Waals surface area (Å²) in [6.45, 7) is 1.32. The van der Waals surface area contributed by atoms with Crippen molar-refractivity contribution in [1.29, 1.82) is 5.26 Å². The SMILES string of the molecule is N#CNNC=NCCCCCCN=C(N=C(N)N)Nc1ccc(Cl)cc1. The molecule has 140 valence electrons. The van der Waals surface area contributed by atoms with Gasteiger partial charge < -0.3 is 16.8 Å². The lowest BCUT2D eigenvalue weighted by Crippen LogP contribution is -2.26. The number of guanidine groups is 2. The fourth-order valence-electron chi connectivity index (χ4n) is 1.92. The first kappa shape index (κ1) is 21.1. The third kappa shape index (κ3) is 10.7. The van der Waals surface area contributed by atoms with E-state index in [0.29, 0.717) is 24.1 Å². The van der Waals surface area contributed by atoms with Crippen LogP contribution in [0.5, 0.6) is 0 Å². The number of hydrogen-bond acceptors (Lipinski definition) is 4. The molecule has 1 rings (SSSR count). The Morgan fingerprint density at radius 3 is 2.46 bits per heavy atom. The molecule has 26 heavy (non-hydrogen) atoms. The fourth-order valence-corrected chi connectivity index (χ4v) is 2.04. The van der Waals surface area contributed by atoms with Gasteiger partial charge in [0.2, 0.25) is 5.96 Å². The standard InChI is InChI=1S/C16H24ClN9/c17-13-5-7-14(8-6-13)25-16(26-15(19)20)22-10-4-2-1-3-9-21-12-24-23-11-18/h5-8,12,23H,1-4,9-10H2,(H,21,24)(H5,19,20,22,25,26). The van der Waals surface area contributed by atoms with Crippen molar-refractivity contribution in [3.05, 3.63) is 29.3 Å². The van der Waals surface area contributed by atoms with E-state index in [0.717, 1.165) is 31.4 Å². The summed E-state index contributed by atoms with van der Waals surface area (Å²) in [4.78, 5) is 12.5. The number of nitrogens with two attached hydrogens (primary N) is 2. The van der Waals surface area contributed by atoms with Gasteiger partial charge in [-0.05, 0) is 37.1 Å². The van der Waals surface area contributed by atoms with Crippen LogP contribution in [-0.2, 0) is 0 Å². The normalized spacial score (nSPS) is 11.0. The third-order valence-electron chi connectivity index (χ3n) is 3.08. The Labute approximate surface area is 158 Å². The van der Waals surface area contributed by atoms with Crippen LogP contribution in [0.2, 0.25) is 5.02 Å². The third-order valence-corrected chi connectivity index (χ3v) is 3.33. The van der Waals surface area contributed by atoms with Crippen molar-refractivity contribution in [1.82, 2.24) is 10.9 Å². The Bertz CT molecular complexity index is 643. The van der Waals surface area contributed by atoms with Crippen molar-refractivity contribution >= 4 is 35.5 Å². The van der Waals surface area contributed by atoms with Gasteiger partial charge in [0.1, 0.15) is 6.34 Å². The van der Waals surface area contributed by atoms with Crippen molar-refractivity contribution in [2.45, 2.75) is 25.7 Å². The largest absolute Gasteiger partial charge is 0.370 e. The minimum absolute atomic E-state index is 0.0532. The highest BCUT2D eigenvalue weighted by Crippen LogP contribution is 2.13. The van der Waals surface area contributed by atoms with Crippen LogP contribution in [0.3, 0.4) is 0 Å². The van der Waals surface area contributed by atoms with Gasteiger partial charge in [-0.1, -0.05) is 24.4 Å². The van der Waals surface area contributed by atoms with Gasteiger partial charge in [0, 0.05) is 23.8 Å². The van der Waals surface area contributed by atoms with Gasteiger partial charge in [-0.3, -0.25) is 15.4 Å². The van der Waals surface area contributed by atoms with Crippen LogP contribution in [0.25, 0.3) is 0 Å². The zero-order valence-corrected chi connectivity index (χ0v) is 15.2. The predicted molar refractivity (Wildman–Crippen MR) is 107 cm³/mol. The highest BCUT2D eigenvalue weighted by atomic mass is 35.5. The molecule has 1 aromatic rings. The number of unbranched alkanes of at least 4 members (excludes halogenated alkanes) is 3. The smallest absolute Gasteiger partial charge is 0.225 e. The zero-order valence-electron chi connectivity index (χ0n) is 14.5. The first-order chi connectivity index (χ1) is 12.6. The van der Waals surface area contributed by atoms with Crippen LogP contribution in [0.15, 0.2) is 39.2 Å². The molecule has 0 saturated carbocycles. The van der Waals surface area contributed by atoms with E-state index >= 15 is 0 Å². The Balaban J connectivity index is 2.30. The van der Waals surface area contributed by atoms with Crippen molar-refractivity contribution in [3.63, 3.8) is 0 Å². The molecule has 0 aliphatic heterocycles. The summed E-state index contributed by atoms with van der Waals surface area (Å²) in [6, 6.07) is 7.18. The zero-order chi connectivity index (χ0) is 19.0. The van der Waals surface area contributed by atoms with Crippen LogP contribution in [-0.4, -0.2) is 31.3 Å². The quantitative estimate of drug-likeness (QED) is 0.104. The number of aliphatic imine (C=N–C) groups is 3. The van der Waals surface area contributed by atoms with Gasteiger partial charge in [-0.2, -0.15) is 10.3 Å². The molecule has 0 unspecified atom stereocenters. The van der Waals surface area contributed by atoms with Gasteiger partial charge in [0.05, 0.1) is 0 Å². The highest BCUT2D eigenvalue weighted by Gasteiger charge is 1.99. The van der Waals surface area contributed by atoms with Crippen LogP contribution >= 0.6 is 11.6 Å². The van der Waals surface area contributed by atoms with E-state index in [4.69, 9.17) is 28.3 Å². The van der Waals surface area contributed by atoms with Crippen LogP contribution in [0, 0.1) is 11.5 Å². The van der Waals surface area contributed by atoms with Gasteiger partial charge in [-0.15, -0.1) is 0 Å². The number of rotatable bonds is 10. The molecule has 10 heteroatoms. The van der Waals surface area contributed by atoms with Crippen molar-refractivity contribution < 1.29 is 0 Å². The lowest BCUT2D eigenvalue weighted by molar-refractivity contribution is 0.653. The Morgan fingerprint density at radius 2 is 1.81 bits per heavy atom. The number of nitriles is 1. The summed E-state index contributed by atoms with van der Waals surface area (Å²) in [7, 11) is 0. The summed E-state index contributed by atoms with van der Waals surface area (Å²) in [6.07, 6.45) is 7.16. The molecule has 9 nitrogen and oxygen atoms in total. The molecule has 0 amide bonds. The average molecular weight is 378 g/mol. The number of hydrazine groups is 1.